The molecular weight excluding hydrogens is 360 g/mol. The van der Waals surface area contributed by atoms with Crippen molar-refractivity contribution in [1.29, 1.82) is 0 Å². The zero-order valence-electron chi connectivity index (χ0n) is 15.0. The van der Waals surface area contributed by atoms with Crippen LogP contribution in [0.5, 0.6) is 5.75 Å². The van der Waals surface area contributed by atoms with Crippen LogP contribution in [0.15, 0.2) is 48.7 Å². The molecule has 0 saturated heterocycles. The van der Waals surface area contributed by atoms with Gasteiger partial charge in [-0.1, -0.05) is 30.3 Å². The number of nitrogens with zero attached hydrogens (tertiary/aromatic N) is 3. The maximum Gasteiger partial charge on any atom is 0.291 e. The quantitative estimate of drug-likeness (QED) is 0.629. The number of aromatic amines is 1. The highest BCUT2D eigenvalue weighted by Gasteiger charge is 2.33. The lowest BCUT2D eigenvalue weighted by Gasteiger charge is -2.20. The minimum atomic E-state index is -0.919. The molecule has 0 bridgehead atoms. The van der Waals surface area contributed by atoms with Crippen LogP contribution in [0, 0.1) is 0 Å². The highest BCUT2D eigenvalue weighted by molar-refractivity contribution is 6.00. The normalized spacial score (nSPS) is 18.4. The smallest absolute Gasteiger partial charge is 0.291 e. The Balaban J connectivity index is 1.45. The van der Waals surface area contributed by atoms with Crippen molar-refractivity contribution in [2.75, 3.05) is 5.32 Å². The fourth-order valence-electron chi connectivity index (χ4n) is 2.91. The minimum absolute atomic E-state index is 0.0363. The second kappa shape index (κ2) is 7.47. The number of anilines is 1. The van der Waals surface area contributed by atoms with E-state index in [9.17, 15) is 9.59 Å². The maximum absolute atomic E-state index is 12.5. The van der Waals surface area contributed by atoms with Gasteiger partial charge in [-0.05, 0) is 24.6 Å². The Labute approximate surface area is 160 Å². The van der Waals surface area contributed by atoms with Crippen molar-refractivity contribution in [3.05, 3.63) is 65.9 Å². The van der Waals surface area contributed by atoms with Gasteiger partial charge >= 0.3 is 0 Å². The van der Waals surface area contributed by atoms with E-state index in [-0.39, 0.29) is 5.82 Å². The predicted octanol–water partition coefficient (Wildman–Crippen LogP) is 1.31. The van der Waals surface area contributed by atoms with Gasteiger partial charge in [0, 0.05) is 12.6 Å². The number of nitrogens with one attached hydrogen (secondary N) is 3. The molecule has 0 fully saturated rings. The Morgan fingerprint density at radius 3 is 2.86 bits per heavy atom. The molecular formula is C19H18N6O3. The van der Waals surface area contributed by atoms with Gasteiger partial charge in [-0.3, -0.25) is 14.7 Å². The minimum Gasteiger partial charge on any atom is -0.484 e. The van der Waals surface area contributed by atoms with E-state index in [4.69, 9.17) is 4.74 Å². The lowest BCUT2D eigenvalue weighted by molar-refractivity contribution is -0.119. The predicted molar refractivity (Wildman–Crippen MR) is 99.8 cm³/mol. The molecule has 4 rings (SSSR count). The molecule has 28 heavy (non-hydrogen) atoms. The molecule has 0 radical (unpaired) electrons. The van der Waals surface area contributed by atoms with E-state index in [1.807, 2.05) is 30.3 Å². The van der Waals surface area contributed by atoms with Gasteiger partial charge in [0.1, 0.15) is 18.0 Å². The van der Waals surface area contributed by atoms with Gasteiger partial charge in [0.15, 0.2) is 11.6 Å². The standard InChI is InChI=1S/C19H18N6O3/c1-11-15(18(26)23-16-13(28-11)8-5-9-20-16)22-19(27)17-21-14(24-25-17)10-12-6-3-2-4-7-12/h2-9,11,15H,10H2,1H3,(H,22,27)(H,20,23,26)(H,21,24,25)/t11-,15-/m0/s1. The summed E-state index contributed by atoms with van der Waals surface area (Å²) in [5, 5.41) is 12.0. The Hall–Kier alpha value is -3.75. The molecule has 1 aromatic carbocycles. The lowest BCUT2D eigenvalue weighted by Crippen LogP contribution is -2.51. The lowest BCUT2D eigenvalue weighted by atomic mass is 10.1. The number of ether oxygens (including phenoxy) is 1. The molecule has 3 heterocycles. The summed E-state index contributed by atoms with van der Waals surface area (Å²) in [6, 6.07) is 12.2. The van der Waals surface area contributed by atoms with Gasteiger partial charge in [-0.25, -0.2) is 9.97 Å². The summed E-state index contributed by atoms with van der Waals surface area (Å²) in [6.07, 6.45) is 1.47. The van der Waals surface area contributed by atoms with E-state index in [2.05, 4.69) is 30.8 Å². The maximum atomic E-state index is 12.5. The Morgan fingerprint density at radius 1 is 1.21 bits per heavy atom. The summed E-state index contributed by atoms with van der Waals surface area (Å²) < 4.78 is 5.75. The van der Waals surface area contributed by atoms with Crippen LogP contribution in [0.4, 0.5) is 5.82 Å². The van der Waals surface area contributed by atoms with Crippen molar-refractivity contribution in [2.45, 2.75) is 25.5 Å². The number of hydrogen-bond donors (Lipinski definition) is 3. The Morgan fingerprint density at radius 2 is 2.04 bits per heavy atom. The first kappa shape index (κ1) is 17.7. The fraction of sp³-hybridized carbons (Fsp3) is 0.211. The van der Waals surface area contributed by atoms with Gasteiger partial charge in [0.2, 0.25) is 5.82 Å². The number of H-pyrrole nitrogens is 1. The number of fused-ring (bicyclic) bond motifs is 1. The summed E-state index contributed by atoms with van der Waals surface area (Å²) in [4.78, 5) is 33.4. The van der Waals surface area contributed by atoms with Crippen molar-refractivity contribution in [3.8, 4) is 5.75 Å². The van der Waals surface area contributed by atoms with Gasteiger partial charge in [0.05, 0.1) is 0 Å². The molecule has 0 unspecified atom stereocenters. The molecule has 3 N–H and O–H groups in total. The van der Waals surface area contributed by atoms with Gasteiger partial charge in [0.25, 0.3) is 11.8 Å². The average molecular weight is 378 g/mol. The number of hydrogen-bond acceptors (Lipinski definition) is 6. The third kappa shape index (κ3) is 3.68. The van der Waals surface area contributed by atoms with Gasteiger partial charge < -0.3 is 15.4 Å². The molecule has 2 amide bonds. The van der Waals surface area contributed by atoms with E-state index in [1.54, 1.807) is 25.3 Å². The molecule has 0 aliphatic carbocycles. The average Bonchev–Trinajstić information content (AvgIpc) is 3.12. The van der Waals surface area contributed by atoms with Crippen molar-refractivity contribution in [2.24, 2.45) is 0 Å². The molecule has 142 valence electrons. The molecule has 2 aromatic heterocycles. The van der Waals surface area contributed by atoms with Crippen LogP contribution in [-0.2, 0) is 11.2 Å². The Kier molecular flexibility index (Phi) is 4.71. The number of rotatable bonds is 4. The number of amides is 2. The molecule has 2 atom stereocenters. The highest BCUT2D eigenvalue weighted by Crippen LogP contribution is 2.26. The molecule has 0 saturated carbocycles. The van der Waals surface area contributed by atoms with Crippen LogP contribution in [0.2, 0.25) is 0 Å². The number of benzene rings is 1. The van der Waals surface area contributed by atoms with Crippen LogP contribution in [0.3, 0.4) is 0 Å². The van der Waals surface area contributed by atoms with E-state index >= 15 is 0 Å². The second-order valence-corrected chi connectivity index (χ2v) is 6.38. The zero-order chi connectivity index (χ0) is 19.5. The topological polar surface area (TPSA) is 122 Å². The molecule has 1 aliphatic rings. The SMILES string of the molecule is C[C@@H]1Oc2cccnc2NC(=O)[C@H]1NC(=O)c1n[nH]c(Cc2ccccc2)n1. The molecule has 1 aliphatic heterocycles. The van der Waals surface area contributed by atoms with Crippen molar-refractivity contribution in [1.82, 2.24) is 25.5 Å². The first-order valence-corrected chi connectivity index (χ1v) is 8.79. The third-order valence-corrected chi connectivity index (χ3v) is 4.31. The molecule has 3 aromatic rings. The van der Waals surface area contributed by atoms with E-state index in [0.29, 0.717) is 23.8 Å². The monoisotopic (exact) mass is 378 g/mol. The summed E-state index contributed by atoms with van der Waals surface area (Å²) in [5.41, 5.74) is 1.04. The molecule has 0 spiro atoms. The summed E-state index contributed by atoms with van der Waals surface area (Å²) in [6.45, 7) is 1.70. The molecule has 9 nitrogen and oxygen atoms in total. The van der Waals surface area contributed by atoms with Crippen LogP contribution in [-0.4, -0.2) is 44.1 Å². The Bertz CT molecular complexity index is 1000. The van der Waals surface area contributed by atoms with E-state index < -0.39 is 24.0 Å². The van der Waals surface area contributed by atoms with Crippen LogP contribution in [0.25, 0.3) is 0 Å². The molecule has 9 heteroatoms. The second-order valence-electron chi connectivity index (χ2n) is 6.38. The summed E-state index contributed by atoms with van der Waals surface area (Å²) in [7, 11) is 0. The number of carbonyl (C=O) groups excluding carboxylic acids is 2. The fourth-order valence-corrected chi connectivity index (χ4v) is 2.91. The van der Waals surface area contributed by atoms with E-state index in [0.717, 1.165) is 5.56 Å². The van der Waals surface area contributed by atoms with Crippen molar-refractivity contribution in [3.63, 3.8) is 0 Å². The van der Waals surface area contributed by atoms with Crippen LogP contribution in [0.1, 0.15) is 28.9 Å². The van der Waals surface area contributed by atoms with Crippen LogP contribution < -0.4 is 15.4 Å². The summed E-state index contributed by atoms with van der Waals surface area (Å²) >= 11 is 0. The summed E-state index contributed by atoms with van der Waals surface area (Å²) in [5.74, 6) is 0.305. The van der Waals surface area contributed by atoms with Crippen LogP contribution >= 0.6 is 0 Å². The van der Waals surface area contributed by atoms with E-state index in [1.165, 1.54) is 0 Å². The van der Waals surface area contributed by atoms with Gasteiger partial charge in [-0.15, -0.1) is 5.10 Å². The third-order valence-electron chi connectivity index (χ3n) is 4.31. The van der Waals surface area contributed by atoms with Crippen molar-refractivity contribution < 1.29 is 14.3 Å². The number of aromatic nitrogens is 4. The number of pyridine rings is 1. The van der Waals surface area contributed by atoms with Gasteiger partial charge in [-0.2, -0.15) is 0 Å². The zero-order valence-corrected chi connectivity index (χ0v) is 15.0. The highest BCUT2D eigenvalue weighted by atomic mass is 16.5. The number of carbonyl (C=O) groups is 2. The largest absolute Gasteiger partial charge is 0.484 e. The van der Waals surface area contributed by atoms with Crippen molar-refractivity contribution >= 4 is 17.6 Å². The first-order valence-electron chi connectivity index (χ1n) is 8.79. The first-order chi connectivity index (χ1) is 13.6.